The summed E-state index contributed by atoms with van der Waals surface area (Å²) in [6, 6.07) is 8.41. The van der Waals surface area contributed by atoms with Gasteiger partial charge in [-0.15, -0.1) is 0 Å². The second-order valence-electron chi connectivity index (χ2n) is 8.39. The Morgan fingerprint density at radius 1 is 1.04 bits per heavy atom. The van der Waals surface area contributed by atoms with Crippen LogP contribution in [0.5, 0.6) is 0 Å². The number of anilines is 1. The summed E-state index contributed by atoms with van der Waals surface area (Å²) in [5.41, 5.74) is 4.02. The SMILES string of the molecule is Clc1ccccc1C1(c2nn3c(c2CCN2CCCC2)NCCC3)CCC1. The van der Waals surface area contributed by atoms with E-state index in [1.807, 2.05) is 12.1 Å². The lowest BCUT2D eigenvalue weighted by Crippen LogP contribution is -2.37. The molecule has 3 aliphatic rings. The number of benzene rings is 1. The number of halogens is 1. The lowest BCUT2D eigenvalue weighted by atomic mass is 9.61. The van der Waals surface area contributed by atoms with Crippen LogP contribution in [0.15, 0.2) is 24.3 Å². The first kappa shape index (κ1) is 17.6. The third-order valence-electron chi connectivity index (χ3n) is 6.82. The van der Waals surface area contributed by atoms with Crippen molar-refractivity contribution in [3.8, 4) is 0 Å². The average molecular weight is 385 g/mol. The Labute approximate surface area is 166 Å². The summed E-state index contributed by atoms with van der Waals surface area (Å²) >= 11 is 6.67. The molecule has 1 saturated heterocycles. The minimum Gasteiger partial charge on any atom is -0.370 e. The molecular weight excluding hydrogens is 356 g/mol. The zero-order valence-electron chi connectivity index (χ0n) is 16.0. The maximum absolute atomic E-state index is 6.67. The van der Waals surface area contributed by atoms with Gasteiger partial charge in [-0.25, -0.2) is 4.68 Å². The summed E-state index contributed by atoms with van der Waals surface area (Å²) in [6.07, 6.45) is 8.50. The molecule has 1 aliphatic carbocycles. The van der Waals surface area contributed by atoms with Crippen molar-refractivity contribution in [1.29, 1.82) is 0 Å². The molecule has 2 aliphatic heterocycles. The largest absolute Gasteiger partial charge is 0.370 e. The molecule has 144 valence electrons. The van der Waals surface area contributed by atoms with Gasteiger partial charge in [0.15, 0.2) is 0 Å². The molecule has 0 bridgehead atoms. The Morgan fingerprint density at radius 3 is 2.59 bits per heavy atom. The molecule has 1 aromatic heterocycles. The van der Waals surface area contributed by atoms with Gasteiger partial charge in [0, 0.05) is 35.6 Å². The molecule has 2 aromatic rings. The first-order chi connectivity index (χ1) is 13.3. The number of rotatable bonds is 5. The van der Waals surface area contributed by atoms with Gasteiger partial charge in [-0.1, -0.05) is 36.2 Å². The topological polar surface area (TPSA) is 33.1 Å². The summed E-state index contributed by atoms with van der Waals surface area (Å²) in [5, 5.41) is 9.74. The molecule has 27 heavy (non-hydrogen) atoms. The molecule has 0 spiro atoms. The molecule has 0 unspecified atom stereocenters. The molecule has 5 heteroatoms. The van der Waals surface area contributed by atoms with E-state index in [1.165, 1.54) is 55.0 Å². The van der Waals surface area contributed by atoms with Crippen LogP contribution in [0.1, 0.15) is 55.3 Å². The summed E-state index contributed by atoms with van der Waals surface area (Å²) in [5.74, 6) is 1.27. The van der Waals surface area contributed by atoms with E-state index in [4.69, 9.17) is 16.7 Å². The van der Waals surface area contributed by atoms with Crippen LogP contribution in [0.2, 0.25) is 5.02 Å². The fraction of sp³-hybridized carbons (Fsp3) is 0.591. The van der Waals surface area contributed by atoms with Crippen LogP contribution in [-0.4, -0.2) is 40.9 Å². The van der Waals surface area contributed by atoms with Crippen molar-refractivity contribution in [3.05, 3.63) is 46.1 Å². The second kappa shape index (κ2) is 7.14. The van der Waals surface area contributed by atoms with Crippen LogP contribution in [0, 0.1) is 0 Å². The molecular formula is C22H29ClN4. The number of nitrogens with zero attached hydrogens (tertiary/aromatic N) is 3. The maximum Gasteiger partial charge on any atom is 0.127 e. The van der Waals surface area contributed by atoms with Gasteiger partial charge in [0.25, 0.3) is 0 Å². The summed E-state index contributed by atoms with van der Waals surface area (Å²) in [6.45, 7) is 5.73. The number of fused-ring (bicyclic) bond motifs is 1. The molecule has 5 rings (SSSR count). The number of aryl methyl sites for hydroxylation is 1. The Kier molecular flexibility index (Phi) is 4.65. The smallest absolute Gasteiger partial charge is 0.127 e. The lowest BCUT2D eigenvalue weighted by Gasteiger charge is -2.42. The first-order valence-corrected chi connectivity index (χ1v) is 11.0. The maximum atomic E-state index is 6.67. The van der Waals surface area contributed by atoms with E-state index in [9.17, 15) is 0 Å². The monoisotopic (exact) mass is 384 g/mol. The Balaban J connectivity index is 1.56. The number of aromatic nitrogens is 2. The van der Waals surface area contributed by atoms with E-state index in [-0.39, 0.29) is 5.41 Å². The molecule has 2 fully saturated rings. The van der Waals surface area contributed by atoms with Crippen molar-refractivity contribution in [2.75, 3.05) is 31.5 Å². The Bertz CT molecular complexity index is 818. The molecule has 1 aromatic carbocycles. The zero-order chi connectivity index (χ0) is 18.3. The van der Waals surface area contributed by atoms with E-state index >= 15 is 0 Å². The van der Waals surface area contributed by atoms with Gasteiger partial charge in [0.2, 0.25) is 0 Å². The number of hydrogen-bond acceptors (Lipinski definition) is 3. The van der Waals surface area contributed by atoms with E-state index in [1.54, 1.807) is 0 Å². The minimum absolute atomic E-state index is 0.00467. The van der Waals surface area contributed by atoms with Crippen LogP contribution >= 0.6 is 11.6 Å². The van der Waals surface area contributed by atoms with Crippen LogP contribution in [-0.2, 0) is 18.4 Å². The molecule has 0 amide bonds. The van der Waals surface area contributed by atoms with E-state index < -0.39 is 0 Å². The predicted molar refractivity (Wildman–Crippen MR) is 111 cm³/mol. The number of nitrogens with one attached hydrogen (secondary N) is 1. The fourth-order valence-electron chi connectivity index (χ4n) is 5.21. The van der Waals surface area contributed by atoms with Crippen molar-refractivity contribution in [3.63, 3.8) is 0 Å². The standard InChI is InChI=1S/C22H29ClN4/c23-19-8-2-1-7-18(19)22(10-5-11-22)20-17(9-16-26-13-3-4-14-26)21-24-12-6-15-27(21)25-20/h1-2,7-8,24H,3-6,9-16H2. The number of hydrogen-bond donors (Lipinski definition) is 1. The first-order valence-electron chi connectivity index (χ1n) is 10.6. The number of likely N-dealkylation sites (tertiary alicyclic amines) is 1. The van der Waals surface area contributed by atoms with Crippen molar-refractivity contribution < 1.29 is 0 Å². The third-order valence-corrected chi connectivity index (χ3v) is 7.15. The Hall–Kier alpha value is -1.52. The third kappa shape index (κ3) is 2.98. The normalized spacial score (nSPS) is 21.5. The highest BCUT2D eigenvalue weighted by Gasteiger charge is 2.46. The fourth-order valence-corrected chi connectivity index (χ4v) is 5.52. The molecule has 1 N–H and O–H groups in total. The van der Waals surface area contributed by atoms with Crippen LogP contribution in [0.25, 0.3) is 0 Å². The minimum atomic E-state index is 0.00467. The van der Waals surface area contributed by atoms with E-state index in [0.29, 0.717) is 0 Å². The van der Waals surface area contributed by atoms with Gasteiger partial charge in [-0.05, 0) is 63.2 Å². The predicted octanol–water partition coefficient (Wildman–Crippen LogP) is 4.46. The van der Waals surface area contributed by atoms with Gasteiger partial charge < -0.3 is 10.2 Å². The van der Waals surface area contributed by atoms with Crippen LogP contribution < -0.4 is 5.32 Å². The quantitative estimate of drug-likeness (QED) is 0.826. The molecule has 3 heterocycles. The van der Waals surface area contributed by atoms with E-state index in [0.717, 1.165) is 50.3 Å². The van der Waals surface area contributed by atoms with Crippen LogP contribution in [0.4, 0.5) is 5.82 Å². The zero-order valence-corrected chi connectivity index (χ0v) is 16.8. The van der Waals surface area contributed by atoms with E-state index in [2.05, 4.69) is 27.0 Å². The molecule has 0 radical (unpaired) electrons. The van der Waals surface area contributed by atoms with Crippen molar-refractivity contribution >= 4 is 17.4 Å². The highest BCUT2D eigenvalue weighted by atomic mass is 35.5. The molecule has 1 saturated carbocycles. The van der Waals surface area contributed by atoms with Crippen molar-refractivity contribution in [2.24, 2.45) is 0 Å². The lowest BCUT2D eigenvalue weighted by molar-refractivity contribution is 0.287. The highest BCUT2D eigenvalue weighted by Crippen LogP contribution is 2.52. The Morgan fingerprint density at radius 2 is 1.85 bits per heavy atom. The summed E-state index contributed by atoms with van der Waals surface area (Å²) < 4.78 is 2.23. The summed E-state index contributed by atoms with van der Waals surface area (Å²) in [4.78, 5) is 2.61. The molecule has 0 atom stereocenters. The van der Waals surface area contributed by atoms with Gasteiger partial charge >= 0.3 is 0 Å². The highest BCUT2D eigenvalue weighted by molar-refractivity contribution is 6.31. The average Bonchev–Trinajstić information content (AvgIpc) is 3.28. The van der Waals surface area contributed by atoms with Gasteiger partial charge in [0.1, 0.15) is 5.82 Å². The molecule has 4 nitrogen and oxygen atoms in total. The van der Waals surface area contributed by atoms with Crippen LogP contribution in [0.3, 0.4) is 0 Å². The summed E-state index contributed by atoms with van der Waals surface area (Å²) in [7, 11) is 0. The van der Waals surface area contributed by atoms with Gasteiger partial charge in [0.05, 0.1) is 5.69 Å². The van der Waals surface area contributed by atoms with Crippen molar-refractivity contribution in [2.45, 2.75) is 56.9 Å². The van der Waals surface area contributed by atoms with Gasteiger partial charge in [-0.3, -0.25) is 0 Å². The van der Waals surface area contributed by atoms with Crippen molar-refractivity contribution in [1.82, 2.24) is 14.7 Å². The van der Waals surface area contributed by atoms with Gasteiger partial charge in [-0.2, -0.15) is 5.10 Å². The second-order valence-corrected chi connectivity index (χ2v) is 8.80.